The van der Waals surface area contributed by atoms with Crippen molar-refractivity contribution in [3.05, 3.63) is 64.1 Å². The van der Waals surface area contributed by atoms with Gasteiger partial charge in [-0.15, -0.1) is 0 Å². The Hall–Kier alpha value is -2.87. The van der Waals surface area contributed by atoms with Crippen molar-refractivity contribution < 1.29 is 23.9 Å². The van der Waals surface area contributed by atoms with Crippen molar-refractivity contribution in [3.63, 3.8) is 0 Å². The van der Waals surface area contributed by atoms with Crippen LogP contribution in [0.1, 0.15) is 43.7 Å². The lowest BCUT2D eigenvalue weighted by molar-refractivity contribution is -0.145. The van der Waals surface area contributed by atoms with E-state index >= 15 is 0 Å². The number of amides is 2. The smallest absolute Gasteiger partial charge is 0.306 e. The van der Waals surface area contributed by atoms with Crippen LogP contribution in [0.25, 0.3) is 0 Å². The summed E-state index contributed by atoms with van der Waals surface area (Å²) in [6.07, 6.45) is 0.459. The van der Waals surface area contributed by atoms with Gasteiger partial charge in [0.05, 0.1) is 17.5 Å². The van der Waals surface area contributed by atoms with E-state index in [1.54, 1.807) is 6.07 Å². The van der Waals surface area contributed by atoms with Crippen molar-refractivity contribution in [1.29, 1.82) is 0 Å². The normalized spacial score (nSPS) is 10.5. The molecule has 0 bridgehead atoms. The Labute approximate surface area is 190 Å². The molecule has 0 atom stereocenters. The summed E-state index contributed by atoms with van der Waals surface area (Å²) < 4.78 is 11.3. The summed E-state index contributed by atoms with van der Waals surface area (Å²) >= 11 is 3.42. The number of rotatable bonds is 10. The molecular weight excluding hydrogens is 464 g/mol. The highest BCUT2D eigenvalue weighted by atomic mass is 79.9. The van der Waals surface area contributed by atoms with Crippen molar-refractivity contribution in [2.45, 2.75) is 39.0 Å². The van der Waals surface area contributed by atoms with Crippen molar-refractivity contribution in [1.82, 2.24) is 10.9 Å². The summed E-state index contributed by atoms with van der Waals surface area (Å²) in [6.45, 7) is 4.17. The highest BCUT2D eigenvalue weighted by Crippen LogP contribution is 2.28. The van der Waals surface area contributed by atoms with Crippen LogP contribution in [0, 0.1) is 0 Å². The van der Waals surface area contributed by atoms with Crippen LogP contribution in [0.15, 0.2) is 53.0 Å². The summed E-state index contributed by atoms with van der Waals surface area (Å²) in [5.74, 6) is -0.556. The van der Waals surface area contributed by atoms with Gasteiger partial charge in [-0.1, -0.05) is 50.2 Å². The van der Waals surface area contributed by atoms with Gasteiger partial charge in [-0.25, -0.2) is 0 Å². The summed E-state index contributed by atoms with van der Waals surface area (Å²) in [7, 11) is 0. The Balaban J connectivity index is 1.60. The van der Waals surface area contributed by atoms with E-state index in [1.165, 1.54) is 0 Å². The zero-order valence-electron chi connectivity index (χ0n) is 17.7. The van der Waals surface area contributed by atoms with E-state index in [4.69, 9.17) is 9.47 Å². The third-order valence-electron chi connectivity index (χ3n) is 4.38. The van der Waals surface area contributed by atoms with Gasteiger partial charge >= 0.3 is 5.97 Å². The fourth-order valence-corrected chi connectivity index (χ4v) is 3.10. The molecule has 0 aliphatic carbocycles. The van der Waals surface area contributed by atoms with Gasteiger partial charge in [0, 0.05) is 12.8 Å². The number of carbonyl (C=O) groups excluding carboxylic acids is 3. The van der Waals surface area contributed by atoms with E-state index in [2.05, 4.69) is 40.6 Å². The van der Waals surface area contributed by atoms with Crippen LogP contribution >= 0.6 is 15.9 Å². The molecule has 2 rings (SSSR count). The number of hydrogen-bond donors (Lipinski definition) is 2. The molecule has 166 valence electrons. The van der Waals surface area contributed by atoms with Gasteiger partial charge in [0.1, 0.15) is 5.75 Å². The largest absolute Gasteiger partial charge is 0.483 e. The average molecular weight is 491 g/mol. The number of nitrogens with one attached hydrogen (secondary N) is 2. The highest BCUT2D eigenvalue weighted by Gasteiger charge is 2.11. The summed E-state index contributed by atoms with van der Waals surface area (Å²) in [4.78, 5) is 35.4. The molecule has 31 heavy (non-hydrogen) atoms. The molecule has 2 N–H and O–H groups in total. The highest BCUT2D eigenvalue weighted by molar-refractivity contribution is 9.10. The lowest BCUT2D eigenvalue weighted by atomic mass is 10.0. The number of benzene rings is 2. The minimum atomic E-state index is -0.515. The minimum Gasteiger partial charge on any atom is -0.483 e. The molecule has 7 nitrogen and oxygen atoms in total. The minimum absolute atomic E-state index is 0.0673. The molecule has 8 heteroatoms. The third kappa shape index (κ3) is 9.21. The van der Waals surface area contributed by atoms with Gasteiger partial charge in [-0.3, -0.25) is 25.2 Å². The second-order valence-corrected chi connectivity index (χ2v) is 8.04. The van der Waals surface area contributed by atoms with Crippen molar-refractivity contribution in [2.75, 3.05) is 13.2 Å². The van der Waals surface area contributed by atoms with Gasteiger partial charge in [-0.05, 0) is 45.1 Å². The maximum atomic E-state index is 11.9. The topological polar surface area (TPSA) is 93.7 Å². The fourth-order valence-electron chi connectivity index (χ4n) is 2.59. The molecule has 0 heterocycles. The molecule has 0 radical (unpaired) electrons. The molecule has 0 saturated heterocycles. The zero-order valence-corrected chi connectivity index (χ0v) is 19.2. The Morgan fingerprint density at radius 3 is 2.35 bits per heavy atom. The standard InChI is InChI=1S/C23H27BrN2O5/c1-16(2)18-8-9-20(19(24)14-18)31-15-22(28)26-25-21(27)10-11-23(29)30-13-12-17-6-4-3-5-7-17/h3-9,14,16H,10-13,15H2,1-2H3,(H,25,27)(H,26,28). The number of hydrogen-bond acceptors (Lipinski definition) is 5. The second-order valence-electron chi connectivity index (χ2n) is 7.19. The lowest BCUT2D eigenvalue weighted by Crippen LogP contribution is -2.43. The second kappa shape index (κ2) is 12.7. The number of ether oxygens (including phenoxy) is 2. The number of carbonyl (C=O) groups is 3. The molecule has 2 aromatic rings. The molecule has 2 aromatic carbocycles. The summed E-state index contributed by atoms with van der Waals surface area (Å²) in [6, 6.07) is 15.3. The maximum Gasteiger partial charge on any atom is 0.306 e. The SMILES string of the molecule is CC(C)c1ccc(OCC(=O)NNC(=O)CCC(=O)OCCc2ccccc2)c(Br)c1. The molecule has 0 unspecified atom stereocenters. The molecule has 0 spiro atoms. The van der Waals surface area contributed by atoms with Gasteiger partial charge in [0.15, 0.2) is 6.61 Å². The van der Waals surface area contributed by atoms with Crippen LogP contribution in [-0.4, -0.2) is 31.0 Å². The molecule has 0 aromatic heterocycles. The average Bonchev–Trinajstić information content (AvgIpc) is 2.76. The van der Waals surface area contributed by atoms with Crippen molar-refractivity contribution >= 4 is 33.7 Å². The fraction of sp³-hybridized carbons (Fsp3) is 0.348. The van der Waals surface area contributed by atoms with Gasteiger partial charge in [-0.2, -0.15) is 0 Å². The Morgan fingerprint density at radius 2 is 1.68 bits per heavy atom. The predicted octanol–water partition coefficient (Wildman–Crippen LogP) is 3.66. The lowest BCUT2D eigenvalue weighted by Gasteiger charge is -2.12. The van der Waals surface area contributed by atoms with Crippen LogP contribution in [0.3, 0.4) is 0 Å². The number of halogens is 1. The van der Waals surface area contributed by atoms with Crippen molar-refractivity contribution in [2.24, 2.45) is 0 Å². The summed E-state index contributed by atoms with van der Waals surface area (Å²) in [5.41, 5.74) is 6.73. The molecular formula is C23H27BrN2O5. The van der Waals surface area contributed by atoms with E-state index < -0.39 is 17.8 Å². The molecule has 2 amide bonds. The molecule has 0 aliphatic rings. The van der Waals surface area contributed by atoms with Crippen LogP contribution in [0.4, 0.5) is 0 Å². The van der Waals surface area contributed by atoms with E-state index in [1.807, 2.05) is 42.5 Å². The predicted molar refractivity (Wildman–Crippen MR) is 120 cm³/mol. The number of hydrazine groups is 1. The van der Waals surface area contributed by atoms with Crippen LogP contribution < -0.4 is 15.6 Å². The van der Waals surface area contributed by atoms with Crippen molar-refractivity contribution in [3.8, 4) is 5.75 Å². The van der Waals surface area contributed by atoms with Gasteiger partial charge in [0.2, 0.25) is 5.91 Å². The molecule has 0 fully saturated rings. The quantitative estimate of drug-likeness (QED) is 0.391. The van der Waals surface area contributed by atoms with Gasteiger partial charge in [0.25, 0.3) is 5.91 Å². The van der Waals surface area contributed by atoms with E-state index in [-0.39, 0.29) is 26.1 Å². The van der Waals surface area contributed by atoms with E-state index in [0.29, 0.717) is 18.1 Å². The zero-order chi connectivity index (χ0) is 22.6. The monoisotopic (exact) mass is 490 g/mol. The first-order valence-corrected chi connectivity index (χ1v) is 10.8. The number of esters is 1. The van der Waals surface area contributed by atoms with Crippen LogP contribution in [0.2, 0.25) is 0 Å². The van der Waals surface area contributed by atoms with E-state index in [9.17, 15) is 14.4 Å². The first-order chi connectivity index (χ1) is 14.8. The third-order valence-corrected chi connectivity index (χ3v) is 5.00. The Kier molecular flexibility index (Phi) is 10.0. The van der Waals surface area contributed by atoms with E-state index in [0.717, 1.165) is 15.6 Å². The first-order valence-electron chi connectivity index (χ1n) is 10.0. The summed E-state index contributed by atoms with van der Waals surface area (Å²) in [5, 5.41) is 0. The molecule has 0 saturated carbocycles. The maximum absolute atomic E-state index is 11.9. The van der Waals surface area contributed by atoms with Crippen LogP contribution in [0.5, 0.6) is 5.75 Å². The Morgan fingerprint density at radius 1 is 0.968 bits per heavy atom. The first kappa shape index (κ1) is 24.4. The molecule has 0 aliphatic heterocycles. The Bertz CT molecular complexity index is 887. The van der Waals surface area contributed by atoms with Gasteiger partial charge < -0.3 is 9.47 Å². The van der Waals surface area contributed by atoms with Crippen LogP contribution in [-0.2, 0) is 25.5 Å².